The SMILES string of the molecule is CC(=O)NC(Cl)=C(Cl)Cl. The Morgan fingerprint density at radius 3 is 1.89 bits per heavy atom. The maximum Gasteiger partial charge on any atom is 0.221 e. The quantitative estimate of drug-likeness (QED) is 0.626. The zero-order valence-electron chi connectivity index (χ0n) is 4.54. The van der Waals surface area contributed by atoms with Crippen molar-refractivity contribution in [3.8, 4) is 0 Å². The number of rotatable bonds is 1. The van der Waals surface area contributed by atoms with E-state index in [0.29, 0.717) is 0 Å². The van der Waals surface area contributed by atoms with Crippen LogP contribution in [0.4, 0.5) is 0 Å². The van der Waals surface area contributed by atoms with Gasteiger partial charge in [-0.05, 0) is 0 Å². The number of carbonyl (C=O) groups is 1. The van der Waals surface area contributed by atoms with E-state index in [2.05, 4.69) is 5.32 Å². The highest BCUT2D eigenvalue weighted by Gasteiger charge is 1.98. The van der Waals surface area contributed by atoms with Crippen molar-refractivity contribution in [3.05, 3.63) is 9.65 Å². The minimum atomic E-state index is -0.307. The minimum absolute atomic E-state index is 0.0502. The van der Waals surface area contributed by atoms with Crippen molar-refractivity contribution in [2.24, 2.45) is 0 Å². The molecule has 1 amide bonds. The number of hydrogen-bond acceptors (Lipinski definition) is 1. The predicted octanol–water partition coefficient (Wildman–Crippen LogP) is 1.97. The first-order valence-electron chi connectivity index (χ1n) is 2.02. The first-order valence-corrected chi connectivity index (χ1v) is 3.15. The summed E-state index contributed by atoms with van der Waals surface area (Å²) in [6.07, 6.45) is 0. The molecule has 1 N–H and O–H groups in total. The number of hydrogen-bond donors (Lipinski definition) is 1. The predicted molar refractivity (Wildman–Crippen MR) is 38.4 cm³/mol. The number of nitrogens with one attached hydrogen (secondary N) is 1. The summed E-state index contributed by atoms with van der Waals surface area (Å²) < 4.78 is -0.146. The Labute approximate surface area is 67.8 Å². The molecule has 0 aliphatic carbocycles. The van der Waals surface area contributed by atoms with Crippen molar-refractivity contribution in [1.29, 1.82) is 0 Å². The van der Waals surface area contributed by atoms with Crippen molar-refractivity contribution >= 4 is 40.7 Å². The van der Waals surface area contributed by atoms with E-state index in [1.807, 2.05) is 0 Å². The molecule has 0 fully saturated rings. The summed E-state index contributed by atoms with van der Waals surface area (Å²) in [5.41, 5.74) is 0. The van der Waals surface area contributed by atoms with Crippen LogP contribution in [0.25, 0.3) is 0 Å². The summed E-state index contributed by atoms with van der Waals surface area (Å²) in [5, 5.41) is 2.13. The molecule has 0 heterocycles. The van der Waals surface area contributed by atoms with Crippen molar-refractivity contribution in [3.63, 3.8) is 0 Å². The molecular weight excluding hydrogens is 184 g/mol. The number of amides is 1. The molecule has 0 rings (SSSR count). The standard InChI is InChI=1S/C4H4Cl3NO/c1-2(9)8-4(7)3(5)6/h1H3,(H,8,9). The largest absolute Gasteiger partial charge is 0.315 e. The Hall–Kier alpha value is 0.0800. The molecule has 2 nitrogen and oxygen atoms in total. The molecule has 0 saturated heterocycles. The lowest BCUT2D eigenvalue weighted by molar-refractivity contribution is -0.118. The van der Waals surface area contributed by atoms with E-state index >= 15 is 0 Å². The lowest BCUT2D eigenvalue weighted by atomic mass is 10.7. The first-order chi connectivity index (χ1) is 4.04. The van der Waals surface area contributed by atoms with Crippen LogP contribution < -0.4 is 5.32 Å². The molecular formula is C4H4Cl3NO. The second-order valence-corrected chi connectivity index (χ2v) is 2.58. The summed E-state index contributed by atoms with van der Waals surface area (Å²) in [5.74, 6) is -0.307. The van der Waals surface area contributed by atoms with E-state index in [-0.39, 0.29) is 15.6 Å². The van der Waals surface area contributed by atoms with Crippen LogP contribution in [0.15, 0.2) is 9.65 Å². The van der Waals surface area contributed by atoms with Gasteiger partial charge in [0, 0.05) is 6.92 Å². The summed E-state index contributed by atoms with van der Waals surface area (Å²) in [6.45, 7) is 1.30. The topological polar surface area (TPSA) is 29.1 Å². The average molecular weight is 188 g/mol. The molecule has 0 atom stereocenters. The molecule has 0 aromatic rings. The molecule has 0 saturated carbocycles. The minimum Gasteiger partial charge on any atom is -0.315 e. The van der Waals surface area contributed by atoms with E-state index < -0.39 is 0 Å². The average Bonchev–Trinajstić information content (AvgIpc) is 1.63. The Balaban J connectivity index is 3.92. The molecule has 0 aliphatic heterocycles. The van der Waals surface area contributed by atoms with Gasteiger partial charge in [0.1, 0.15) is 9.65 Å². The third kappa shape index (κ3) is 4.58. The normalized spacial score (nSPS) is 8.44. The second-order valence-electron chi connectivity index (χ2n) is 1.26. The van der Waals surface area contributed by atoms with Crippen molar-refractivity contribution in [2.45, 2.75) is 6.92 Å². The molecule has 0 radical (unpaired) electrons. The fraction of sp³-hybridized carbons (Fsp3) is 0.250. The third-order valence-corrected chi connectivity index (χ3v) is 1.31. The highest BCUT2D eigenvalue weighted by molar-refractivity contribution is 6.59. The van der Waals surface area contributed by atoms with Gasteiger partial charge in [-0.1, -0.05) is 34.8 Å². The third-order valence-electron chi connectivity index (χ3n) is 0.452. The van der Waals surface area contributed by atoms with Gasteiger partial charge in [0.05, 0.1) is 0 Å². The van der Waals surface area contributed by atoms with Crippen molar-refractivity contribution in [2.75, 3.05) is 0 Å². The van der Waals surface area contributed by atoms with Crippen molar-refractivity contribution in [1.82, 2.24) is 5.32 Å². The van der Waals surface area contributed by atoms with Crippen LogP contribution in [0.2, 0.25) is 0 Å². The second kappa shape index (κ2) is 3.99. The van der Waals surface area contributed by atoms with E-state index in [4.69, 9.17) is 34.8 Å². The summed E-state index contributed by atoms with van der Waals surface area (Å²) in [7, 11) is 0. The van der Waals surface area contributed by atoms with Crippen LogP contribution in [0.5, 0.6) is 0 Å². The highest BCUT2D eigenvalue weighted by Crippen LogP contribution is 2.14. The molecule has 52 valence electrons. The van der Waals surface area contributed by atoms with Crippen LogP contribution in [0, 0.1) is 0 Å². The molecule has 9 heavy (non-hydrogen) atoms. The molecule has 0 unspecified atom stereocenters. The van der Waals surface area contributed by atoms with Gasteiger partial charge in [0.25, 0.3) is 0 Å². The van der Waals surface area contributed by atoms with Crippen LogP contribution in [-0.2, 0) is 4.79 Å². The van der Waals surface area contributed by atoms with Crippen molar-refractivity contribution < 1.29 is 4.79 Å². The maximum atomic E-state index is 10.2. The highest BCUT2D eigenvalue weighted by atomic mass is 35.5. The van der Waals surface area contributed by atoms with Crippen LogP contribution in [0.1, 0.15) is 6.92 Å². The number of halogens is 3. The van der Waals surface area contributed by atoms with Crippen LogP contribution >= 0.6 is 34.8 Å². The monoisotopic (exact) mass is 187 g/mol. The van der Waals surface area contributed by atoms with E-state index in [1.165, 1.54) is 6.92 Å². The van der Waals surface area contributed by atoms with E-state index in [1.54, 1.807) is 0 Å². The molecule has 0 bridgehead atoms. The van der Waals surface area contributed by atoms with Gasteiger partial charge in [-0.3, -0.25) is 4.79 Å². The van der Waals surface area contributed by atoms with Gasteiger partial charge in [0.15, 0.2) is 0 Å². The lowest BCUT2D eigenvalue weighted by Crippen LogP contribution is -2.15. The Kier molecular flexibility index (Phi) is 4.02. The lowest BCUT2D eigenvalue weighted by Gasteiger charge is -1.96. The Morgan fingerprint density at radius 2 is 1.78 bits per heavy atom. The van der Waals surface area contributed by atoms with Crippen LogP contribution in [0.3, 0.4) is 0 Å². The smallest absolute Gasteiger partial charge is 0.221 e. The van der Waals surface area contributed by atoms with Gasteiger partial charge in [0.2, 0.25) is 5.91 Å². The van der Waals surface area contributed by atoms with Gasteiger partial charge in [-0.2, -0.15) is 0 Å². The zero-order chi connectivity index (χ0) is 7.44. The molecule has 0 aromatic heterocycles. The first kappa shape index (κ1) is 9.08. The van der Waals surface area contributed by atoms with Gasteiger partial charge in [-0.15, -0.1) is 0 Å². The van der Waals surface area contributed by atoms with Crippen LogP contribution in [-0.4, -0.2) is 5.91 Å². The fourth-order valence-electron chi connectivity index (χ4n) is 0.202. The Bertz CT molecular complexity index is 150. The van der Waals surface area contributed by atoms with Gasteiger partial charge >= 0.3 is 0 Å². The molecule has 0 aromatic carbocycles. The maximum absolute atomic E-state index is 10.2. The van der Waals surface area contributed by atoms with Gasteiger partial charge in [-0.25, -0.2) is 0 Å². The Morgan fingerprint density at radius 1 is 1.33 bits per heavy atom. The molecule has 0 aliphatic rings. The van der Waals surface area contributed by atoms with Gasteiger partial charge < -0.3 is 5.32 Å². The van der Waals surface area contributed by atoms with E-state index in [0.717, 1.165) is 0 Å². The number of carbonyl (C=O) groups excluding carboxylic acids is 1. The zero-order valence-corrected chi connectivity index (χ0v) is 6.81. The molecule has 0 spiro atoms. The summed E-state index contributed by atoms with van der Waals surface area (Å²) >= 11 is 15.6. The summed E-state index contributed by atoms with van der Waals surface area (Å²) in [6, 6.07) is 0. The summed E-state index contributed by atoms with van der Waals surface area (Å²) in [4.78, 5) is 10.2. The fourth-order valence-corrected chi connectivity index (χ4v) is 0.429. The van der Waals surface area contributed by atoms with E-state index in [9.17, 15) is 4.79 Å². The molecule has 5 heteroatoms.